The summed E-state index contributed by atoms with van der Waals surface area (Å²) in [5.74, 6) is -0.0360. The van der Waals surface area contributed by atoms with E-state index in [-0.39, 0.29) is 34.8 Å². The first-order valence-corrected chi connectivity index (χ1v) is 8.22. The molecule has 3 N–H and O–H groups in total. The molecule has 8 heteroatoms. The number of hydrogen-bond donors (Lipinski definition) is 2. The van der Waals surface area contributed by atoms with Gasteiger partial charge < -0.3 is 15.7 Å². The smallest absolute Gasteiger partial charge is 0.243 e. The van der Waals surface area contributed by atoms with E-state index in [2.05, 4.69) is 0 Å². The van der Waals surface area contributed by atoms with Crippen LogP contribution in [-0.4, -0.2) is 54.3 Å². The van der Waals surface area contributed by atoms with Gasteiger partial charge in [-0.3, -0.25) is 4.79 Å². The van der Waals surface area contributed by atoms with Crippen molar-refractivity contribution in [2.45, 2.75) is 23.8 Å². The zero-order valence-electron chi connectivity index (χ0n) is 11.4. The lowest BCUT2D eigenvalue weighted by Gasteiger charge is -2.36. The van der Waals surface area contributed by atoms with Crippen LogP contribution in [0.4, 0.5) is 5.69 Å². The Morgan fingerprint density at radius 2 is 2.05 bits per heavy atom. The molecule has 1 aromatic carbocycles. The van der Waals surface area contributed by atoms with Gasteiger partial charge >= 0.3 is 0 Å². The number of nitrogens with zero attached hydrogens (tertiary/aromatic N) is 2. The number of carbonyl (C=O) groups is 1. The molecule has 0 saturated carbocycles. The number of fused-ring (bicyclic) bond motifs is 1. The number of piperazine rings is 1. The number of sulfonamides is 1. The van der Waals surface area contributed by atoms with E-state index in [9.17, 15) is 18.3 Å². The Balaban J connectivity index is 1.85. The molecule has 2 fully saturated rings. The van der Waals surface area contributed by atoms with Gasteiger partial charge in [-0.2, -0.15) is 4.31 Å². The summed E-state index contributed by atoms with van der Waals surface area (Å²) >= 11 is 0. The normalized spacial score (nSPS) is 23.3. The quantitative estimate of drug-likeness (QED) is 0.589. The molecule has 0 spiro atoms. The predicted octanol–water partition coefficient (Wildman–Crippen LogP) is -0.0303. The van der Waals surface area contributed by atoms with Crippen LogP contribution in [0.3, 0.4) is 0 Å². The van der Waals surface area contributed by atoms with Gasteiger partial charge in [-0.05, 0) is 24.6 Å². The van der Waals surface area contributed by atoms with Gasteiger partial charge in [0.15, 0.2) is 0 Å². The molecule has 0 bridgehead atoms. The Hall–Kier alpha value is -1.80. The molecule has 2 aliphatic heterocycles. The molecule has 3 rings (SSSR count). The van der Waals surface area contributed by atoms with Crippen LogP contribution in [-0.2, 0) is 14.8 Å². The van der Waals surface area contributed by atoms with E-state index in [1.54, 1.807) is 4.90 Å². The molecular weight excluding hydrogens is 294 g/mol. The van der Waals surface area contributed by atoms with Crippen molar-refractivity contribution in [3.63, 3.8) is 0 Å². The number of benzene rings is 1. The lowest BCUT2D eigenvalue weighted by atomic mass is 10.2. The molecule has 1 aromatic rings. The number of aromatic hydroxyl groups is 1. The van der Waals surface area contributed by atoms with Crippen molar-refractivity contribution < 1.29 is 18.3 Å². The minimum atomic E-state index is -3.65. The van der Waals surface area contributed by atoms with E-state index in [0.29, 0.717) is 25.9 Å². The SMILES string of the molecule is Nc1cc(S(=O)(=O)N2CCN3C(=O)CCC3C2)ccc1O. The van der Waals surface area contributed by atoms with Crippen LogP contribution in [0.1, 0.15) is 12.8 Å². The van der Waals surface area contributed by atoms with Gasteiger partial charge in [0, 0.05) is 32.1 Å². The second kappa shape index (κ2) is 4.88. The van der Waals surface area contributed by atoms with Crippen molar-refractivity contribution in [2.24, 2.45) is 0 Å². The van der Waals surface area contributed by atoms with Gasteiger partial charge in [0.05, 0.1) is 10.6 Å². The zero-order valence-corrected chi connectivity index (χ0v) is 12.2. The van der Waals surface area contributed by atoms with Crippen molar-refractivity contribution in [3.05, 3.63) is 18.2 Å². The number of phenols is 1. The average Bonchev–Trinajstić information content (AvgIpc) is 2.83. The summed E-state index contributed by atoms with van der Waals surface area (Å²) in [6.07, 6.45) is 1.19. The predicted molar refractivity (Wildman–Crippen MR) is 76.0 cm³/mol. The number of rotatable bonds is 2. The lowest BCUT2D eigenvalue weighted by molar-refractivity contribution is -0.130. The van der Waals surface area contributed by atoms with Gasteiger partial charge in [0.1, 0.15) is 5.75 Å². The summed E-state index contributed by atoms with van der Waals surface area (Å²) in [5.41, 5.74) is 5.60. The summed E-state index contributed by atoms with van der Waals surface area (Å²) in [6.45, 7) is 1.02. The van der Waals surface area contributed by atoms with E-state index in [0.717, 1.165) is 0 Å². The van der Waals surface area contributed by atoms with Crippen LogP contribution in [0.5, 0.6) is 5.75 Å². The van der Waals surface area contributed by atoms with Gasteiger partial charge in [0.25, 0.3) is 0 Å². The van der Waals surface area contributed by atoms with Crippen molar-refractivity contribution >= 4 is 21.6 Å². The number of anilines is 1. The zero-order chi connectivity index (χ0) is 15.2. The summed E-state index contributed by atoms with van der Waals surface area (Å²) in [4.78, 5) is 13.5. The number of carbonyl (C=O) groups excluding carboxylic acids is 1. The molecule has 7 nitrogen and oxygen atoms in total. The first-order chi connectivity index (χ1) is 9.89. The minimum Gasteiger partial charge on any atom is -0.506 e. The summed E-state index contributed by atoms with van der Waals surface area (Å²) < 4.78 is 26.6. The second-order valence-electron chi connectivity index (χ2n) is 5.36. The van der Waals surface area contributed by atoms with E-state index in [4.69, 9.17) is 5.73 Å². The number of nitrogen functional groups attached to an aromatic ring is 1. The third-order valence-electron chi connectivity index (χ3n) is 4.09. The summed E-state index contributed by atoms with van der Waals surface area (Å²) in [7, 11) is -3.65. The monoisotopic (exact) mass is 311 g/mol. The fourth-order valence-electron chi connectivity index (χ4n) is 2.90. The molecule has 2 aliphatic rings. The van der Waals surface area contributed by atoms with Crippen LogP contribution in [0.2, 0.25) is 0 Å². The summed E-state index contributed by atoms with van der Waals surface area (Å²) in [5, 5.41) is 9.39. The van der Waals surface area contributed by atoms with E-state index < -0.39 is 10.0 Å². The first-order valence-electron chi connectivity index (χ1n) is 6.78. The molecule has 2 heterocycles. The van der Waals surface area contributed by atoms with Crippen LogP contribution < -0.4 is 5.73 Å². The standard InChI is InChI=1S/C13H17N3O4S/c14-11-7-10(2-3-12(11)17)21(19,20)15-5-6-16-9(8-15)1-4-13(16)18/h2-3,7,9,17H,1,4-6,8,14H2. The average molecular weight is 311 g/mol. The lowest BCUT2D eigenvalue weighted by Crippen LogP contribution is -2.53. The van der Waals surface area contributed by atoms with Crippen molar-refractivity contribution in [1.82, 2.24) is 9.21 Å². The highest BCUT2D eigenvalue weighted by atomic mass is 32.2. The second-order valence-corrected chi connectivity index (χ2v) is 7.30. The maximum Gasteiger partial charge on any atom is 0.243 e. The van der Waals surface area contributed by atoms with Gasteiger partial charge in [-0.15, -0.1) is 0 Å². The number of nitrogens with two attached hydrogens (primary N) is 1. The Kier molecular flexibility index (Phi) is 3.29. The van der Waals surface area contributed by atoms with Crippen LogP contribution in [0.15, 0.2) is 23.1 Å². The number of phenolic OH excluding ortho intramolecular Hbond substituents is 1. The highest BCUT2D eigenvalue weighted by Crippen LogP contribution is 2.29. The van der Waals surface area contributed by atoms with Crippen molar-refractivity contribution in [2.75, 3.05) is 25.4 Å². The third kappa shape index (κ3) is 2.34. The maximum absolute atomic E-state index is 12.6. The Morgan fingerprint density at radius 3 is 2.76 bits per heavy atom. The molecule has 21 heavy (non-hydrogen) atoms. The molecule has 0 aliphatic carbocycles. The van der Waals surface area contributed by atoms with E-state index in [1.165, 1.54) is 22.5 Å². The molecule has 0 aromatic heterocycles. The van der Waals surface area contributed by atoms with Crippen molar-refractivity contribution in [3.8, 4) is 5.75 Å². The first kappa shape index (κ1) is 14.2. The van der Waals surface area contributed by atoms with Crippen LogP contribution in [0, 0.1) is 0 Å². The number of hydrogen-bond acceptors (Lipinski definition) is 5. The molecule has 1 unspecified atom stereocenters. The fourth-order valence-corrected chi connectivity index (χ4v) is 4.40. The fraction of sp³-hybridized carbons (Fsp3) is 0.462. The van der Waals surface area contributed by atoms with Crippen LogP contribution in [0.25, 0.3) is 0 Å². The minimum absolute atomic E-state index is 0.0320. The topological polar surface area (TPSA) is 104 Å². The Bertz CT molecular complexity index is 689. The van der Waals surface area contributed by atoms with E-state index >= 15 is 0 Å². The molecule has 1 amide bonds. The molecule has 0 radical (unpaired) electrons. The number of amides is 1. The van der Waals surface area contributed by atoms with Crippen molar-refractivity contribution in [1.29, 1.82) is 0 Å². The molecular formula is C13H17N3O4S. The Labute approximate surface area is 123 Å². The van der Waals surface area contributed by atoms with Gasteiger partial charge in [-0.1, -0.05) is 0 Å². The largest absolute Gasteiger partial charge is 0.506 e. The summed E-state index contributed by atoms with van der Waals surface area (Å²) in [6, 6.07) is 3.84. The van der Waals surface area contributed by atoms with E-state index in [1.807, 2.05) is 0 Å². The Morgan fingerprint density at radius 1 is 1.29 bits per heavy atom. The molecule has 2 saturated heterocycles. The maximum atomic E-state index is 12.6. The molecule has 1 atom stereocenters. The highest BCUT2D eigenvalue weighted by Gasteiger charge is 2.39. The highest BCUT2D eigenvalue weighted by molar-refractivity contribution is 7.89. The molecule has 114 valence electrons. The van der Waals surface area contributed by atoms with Gasteiger partial charge in [0.2, 0.25) is 15.9 Å². The third-order valence-corrected chi connectivity index (χ3v) is 5.96. The van der Waals surface area contributed by atoms with Crippen LogP contribution >= 0.6 is 0 Å². The van der Waals surface area contributed by atoms with Gasteiger partial charge in [-0.25, -0.2) is 8.42 Å².